The molecule has 1 saturated heterocycles. The molecule has 1 amide bonds. The fourth-order valence-corrected chi connectivity index (χ4v) is 24.2. The van der Waals surface area contributed by atoms with Crippen LogP contribution in [-0.4, -0.2) is 18.3 Å². The number of hydrogen-bond donors (Lipinski definition) is 0. The zero-order chi connectivity index (χ0) is 39.1. The van der Waals surface area contributed by atoms with Crippen molar-refractivity contribution in [2.45, 2.75) is 11.1 Å². The van der Waals surface area contributed by atoms with Crippen LogP contribution >= 0.6 is 0 Å². The van der Waals surface area contributed by atoms with Crippen LogP contribution in [0.4, 0.5) is 4.79 Å². The van der Waals surface area contributed by atoms with Gasteiger partial charge >= 0.3 is 6.09 Å². The topological polar surface area (TPSA) is 38.8 Å². The van der Waals surface area contributed by atoms with Gasteiger partial charge in [-0.1, -0.05) is 0 Å². The van der Waals surface area contributed by atoms with Crippen molar-refractivity contribution in [2.75, 3.05) is 7.11 Å². The Balaban J connectivity index is 1.27. The largest absolute Gasteiger partial charge is 0.436 e. The van der Waals surface area contributed by atoms with E-state index in [4.69, 9.17) is 9.57 Å². The normalized spacial score (nSPS) is 23.2. The Hall–Kier alpha value is -8.31. The molecule has 28 aromatic rings. The van der Waals surface area contributed by atoms with E-state index in [1.807, 2.05) is 5.06 Å². The monoisotopic (exact) mass is 809 g/mol. The Morgan fingerprint density at radius 1 is 0.258 bits per heavy atom. The maximum absolute atomic E-state index is 15.7. The van der Waals surface area contributed by atoms with Crippen LogP contribution in [0.2, 0.25) is 0 Å². The maximum atomic E-state index is 15.7. The first-order valence-electron chi connectivity index (χ1n) is 24.2. The van der Waals surface area contributed by atoms with Gasteiger partial charge in [0.15, 0.2) is 5.54 Å². The Kier molecular flexibility index (Phi) is 1.82. The van der Waals surface area contributed by atoms with Crippen molar-refractivity contribution < 1.29 is 14.4 Å². The lowest BCUT2D eigenvalue weighted by Gasteiger charge is -2.48. The van der Waals surface area contributed by atoms with E-state index >= 15 is 4.79 Å². The summed E-state index contributed by atoms with van der Waals surface area (Å²) in [6, 6.07) is 0. The van der Waals surface area contributed by atoms with Crippen LogP contribution in [0, 0.1) is 0 Å². The molecule has 0 radical (unpaired) electrons. The first kappa shape index (κ1) is 23.6. The van der Waals surface area contributed by atoms with Crippen molar-refractivity contribution in [3.8, 4) is 0 Å². The third-order valence-corrected chi connectivity index (χ3v) is 24.1. The van der Waals surface area contributed by atoms with Crippen LogP contribution in [0.3, 0.4) is 0 Å². The molecular weight excluding hydrogens is 807 g/mol. The first-order chi connectivity index (χ1) is 32.8. The minimum absolute atomic E-state index is 0.340. The number of rotatable bonds is 1. The van der Waals surface area contributed by atoms with Gasteiger partial charge in [-0.05, 0) is 291 Å². The Morgan fingerprint density at radius 2 is 0.409 bits per heavy atom. The van der Waals surface area contributed by atoms with Crippen molar-refractivity contribution in [3.05, 3.63) is 22.3 Å². The molecule has 1 heterocycles. The zero-order valence-electron chi connectivity index (χ0n) is 33.2. The summed E-state index contributed by atoms with van der Waals surface area (Å²) >= 11 is 0. The number of ether oxygens (including phenoxy) is 1. The van der Waals surface area contributed by atoms with Crippen molar-refractivity contribution in [3.63, 3.8) is 0 Å². The zero-order valence-corrected chi connectivity index (χ0v) is 33.2. The summed E-state index contributed by atoms with van der Waals surface area (Å²) in [6.07, 6.45) is -0.340. The highest BCUT2D eigenvalue weighted by Crippen LogP contribution is 2.85. The van der Waals surface area contributed by atoms with E-state index in [-0.39, 0.29) is 6.09 Å². The standard InChI is InChI=1S/C62H3NO3/c1-65-63-60(64)66-62-58-52-46-36-24-16-8-4-2-3-6-10(8)18(24)28-22-14(6)15-7(3)11-9-5(2)13-12(4)20-26(16)34-40-30(20)31-21(13)27-17(9)25-19(11)29-23(15)33-32(22)44(38(28)46)54(58)55-45(33)39(29)47-37(25)43-35(27)41(31)49-48(40)56(50(52)42(34)36)61(62,63)57(49)51(43)53(47)59(55)62/h1H3. The number of carbonyl (C=O) groups excluding carboxylic acids is 1. The summed E-state index contributed by atoms with van der Waals surface area (Å²) in [5, 5.41) is 84.1. The van der Waals surface area contributed by atoms with E-state index in [2.05, 4.69) is 0 Å². The van der Waals surface area contributed by atoms with Gasteiger partial charge in [0.25, 0.3) is 0 Å². The molecule has 1 fully saturated rings. The molecule has 1 aliphatic heterocycles. The van der Waals surface area contributed by atoms with Crippen molar-refractivity contribution >= 4 is 297 Å². The van der Waals surface area contributed by atoms with Crippen molar-refractivity contribution in [2.24, 2.45) is 0 Å². The van der Waals surface area contributed by atoms with E-state index in [1.54, 1.807) is 158 Å². The second-order valence-corrected chi connectivity index (χ2v) is 24.0. The molecule has 0 atom stereocenters. The number of carbonyl (C=O) groups is 1. The minimum Gasteiger partial charge on any atom is -0.428 e. The lowest BCUT2D eigenvalue weighted by atomic mass is 9.60. The van der Waals surface area contributed by atoms with Gasteiger partial charge in [-0.25, -0.2) is 4.79 Å². The third kappa shape index (κ3) is 1.14. The molecule has 0 bridgehead atoms. The predicted molar refractivity (Wildman–Crippen MR) is 269 cm³/mol. The van der Waals surface area contributed by atoms with E-state index in [0.717, 1.165) is 0 Å². The third-order valence-electron chi connectivity index (χ3n) is 24.1. The summed E-state index contributed by atoms with van der Waals surface area (Å²) in [4.78, 5) is 22.5. The summed E-state index contributed by atoms with van der Waals surface area (Å²) in [5.41, 5.74) is 3.11. The average molecular weight is 810 g/mol. The summed E-state index contributed by atoms with van der Waals surface area (Å²) in [6.45, 7) is 0. The van der Waals surface area contributed by atoms with Crippen LogP contribution < -0.4 is 0 Å². The molecule has 274 valence electrons. The second-order valence-electron chi connectivity index (χ2n) is 24.0. The number of nitrogens with zero attached hydrogens (tertiary/aromatic N) is 1. The van der Waals surface area contributed by atoms with E-state index < -0.39 is 11.1 Å². The molecule has 28 aromatic carbocycles. The Morgan fingerprint density at radius 3 is 0.576 bits per heavy atom. The van der Waals surface area contributed by atoms with Gasteiger partial charge in [0.05, 0.1) is 7.11 Å². The van der Waals surface area contributed by atoms with Crippen molar-refractivity contribution in [1.82, 2.24) is 5.06 Å². The lowest BCUT2D eigenvalue weighted by molar-refractivity contribution is -0.143. The van der Waals surface area contributed by atoms with Gasteiger partial charge in [-0.15, -0.1) is 0 Å². The van der Waals surface area contributed by atoms with Gasteiger partial charge in [-0.3, -0.25) is 4.84 Å². The van der Waals surface area contributed by atoms with Gasteiger partial charge < -0.3 is 4.74 Å². The minimum atomic E-state index is -1.11. The van der Waals surface area contributed by atoms with Gasteiger partial charge in [0.2, 0.25) is 5.60 Å². The molecular formula is C62H3NO3. The predicted octanol–water partition coefficient (Wildman–Crippen LogP) is 16.2. The number of benzene rings is 18. The van der Waals surface area contributed by atoms with Crippen LogP contribution in [0.5, 0.6) is 0 Å². The summed E-state index contributed by atoms with van der Waals surface area (Å²) in [7, 11) is 1.76. The van der Waals surface area contributed by atoms with Crippen LogP contribution in [0.1, 0.15) is 22.3 Å². The molecule has 5 aliphatic rings. The highest BCUT2D eigenvalue weighted by Gasteiger charge is 2.79. The number of hydroxylamine groups is 2. The van der Waals surface area contributed by atoms with Crippen molar-refractivity contribution in [1.29, 1.82) is 0 Å². The smallest absolute Gasteiger partial charge is 0.428 e. The Labute approximate surface area is 355 Å². The Bertz CT molecular complexity index is 6910. The van der Waals surface area contributed by atoms with E-state index in [9.17, 15) is 0 Å². The SMILES string of the molecule is CON1C(=O)OC23c4c5c6c7c8c9c(c%10c%11c2c2c4c4c%12c5c5c6c6c8c8c%13c9c9c%10c%10c%11c%11c2c2c4c4c%12c%12c5c5c6c8c6c8c%13c9c9c%10c%10c%11c2c2c4c4c%12c5c6c5c8c9c%10c2c45)C713. The molecule has 0 saturated carbocycles. The van der Waals surface area contributed by atoms with Crippen LogP contribution in [-0.2, 0) is 20.7 Å². The quantitative estimate of drug-likeness (QED) is 0.155. The molecule has 33 rings (SSSR count). The number of hydrogen-bond acceptors (Lipinski definition) is 3. The first-order valence-corrected chi connectivity index (χ1v) is 24.2. The van der Waals surface area contributed by atoms with Gasteiger partial charge in [-0.2, -0.15) is 5.06 Å². The molecule has 0 N–H and O–H groups in total. The van der Waals surface area contributed by atoms with Crippen LogP contribution in [0.15, 0.2) is 0 Å². The molecule has 0 unspecified atom stereocenters. The fourth-order valence-electron chi connectivity index (χ4n) is 24.2. The van der Waals surface area contributed by atoms with E-state index in [0.29, 0.717) is 0 Å². The molecule has 4 nitrogen and oxygen atoms in total. The highest BCUT2D eigenvalue weighted by molar-refractivity contribution is 6.82. The maximum Gasteiger partial charge on any atom is 0.436 e. The number of amides is 1. The summed E-state index contributed by atoms with van der Waals surface area (Å²) < 4.78 is 7.71. The highest BCUT2D eigenvalue weighted by atomic mass is 16.7. The van der Waals surface area contributed by atoms with Crippen LogP contribution in [0.25, 0.3) is 291 Å². The summed E-state index contributed by atoms with van der Waals surface area (Å²) in [5.74, 6) is 0. The average Bonchev–Trinajstić information content (AvgIpc) is 4.17. The lowest BCUT2D eigenvalue weighted by Crippen LogP contribution is -2.55. The fraction of sp³-hybridized carbons (Fsp3) is 0.0484. The van der Waals surface area contributed by atoms with E-state index in [1.165, 1.54) is 162 Å². The second kappa shape index (κ2) is 5.10. The van der Waals surface area contributed by atoms with Gasteiger partial charge in [0, 0.05) is 22.3 Å². The molecule has 4 heteroatoms. The van der Waals surface area contributed by atoms with Gasteiger partial charge in [0.1, 0.15) is 0 Å². The molecule has 4 aliphatic carbocycles. The molecule has 66 heavy (non-hydrogen) atoms. The molecule has 0 aromatic heterocycles. The molecule has 2 spiro atoms.